The number of nitrogens with one attached hydrogen (secondary N) is 1. The molecule has 1 rings (SSSR count). The zero-order chi connectivity index (χ0) is 13.5. The van der Waals surface area contributed by atoms with Crippen LogP contribution in [0.1, 0.15) is 37.8 Å². The van der Waals surface area contributed by atoms with Crippen LogP contribution in [0.2, 0.25) is 5.02 Å². The van der Waals surface area contributed by atoms with Crippen LogP contribution >= 0.6 is 11.6 Å². The standard InChI is InChI=1S/C13H16ClNO3/c1-2-3-4-11(16)15-12(13(17)18)9-5-7-10(14)8-6-9/h5-8,12H,2-4H2,1H3,(H,15,16)(H,17,18). The highest BCUT2D eigenvalue weighted by Gasteiger charge is 2.21. The molecule has 5 heteroatoms. The molecule has 0 spiro atoms. The Morgan fingerprint density at radius 2 is 1.94 bits per heavy atom. The molecule has 2 N–H and O–H groups in total. The van der Waals surface area contributed by atoms with Crippen molar-refractivity contribution in [1.82, 2.24) is 5.32 Å². The molecule has 0 bridgehead atoms. The molecule has 1 amide bonds. The van der Waals surface area contributed by atoms with Crippen LogP contribution in [0, 0.1) is 0 Å². The maximum atomic E-state index is 11.6. The summed E-state index contributed by atoms with van der Waals surface area (Å²) in [4.78, 5) is 22.7. The number of carbonyl (C=O) groups is 2. The van der Waals surface area contributed by atoms with E-state index in [4.69, 9.17) is 16.7 Å². The Balaban J connectivity index is 2.74. The van der Waals surface area contributed by atoms with Crippen LogP contribution in [0.5, 0.6) is 0 Å². The smallest absolute Gasteiger partial charge is 0.330 e. The predicted octanol–water partition coefficient (Wildman–Crippen LogP) is 2.77. The molecule has 18 heavy (non-hydrogen) atoms. The number of unbranched alkanes of at least 4 members (excludes halogenated alkanes) is 1. The minimum absolute atomic E-state index is 0.251. The second kappa shape index (κ2) is 7.01. The summed E-state index contributed by atoms with van der Waals surface area (Å²) in [5, 5.41) is 12.2. The van der Waals surface area contributed by atoms with Crippen molar-refractivity contribution < 1.29 is 14.7 Å². The van der Waals surface area contributed by atoms with Crippen LogP contribution in [0.15, 0.2) is 24.3 Å². The molecule has 0 heterocycles. The van der Waals surface area contributed by atoms with Crippen molar-refractivity contribution >= 4 is 23.5 Å². The third-order valence-corrected chi connectivity index (χ3v) is 2.76. The van der Waals surface area contributed by atoms with Gasteiger partial charge in [-0.2, -0.15) is 0 Å². The number of benzene rings is 1. The van der Waals surface area contributed by atoms with Crippen LogP contribution in [0.3, 0.4) is 0 Å². The molecule has 0 fully saturated rings. The third kappa shape index (κ3) is 4.37. The summed E-state index contributed by atoms with van der Waals surface area (Å²) in [5.74, 6) is -1.33. The fourth-order valence-corrected chi connectivity index (χ4v) is 1.64. The Labute approximate surface area is 111 Å². The van der Waals surface area contributed by atoms with Gasteiger partial charge in [0.2, 0.25) is 5.91 Å². The Kier molecular flexibility index (Phi) is 5.65. The van der Waals surface area contributed by atoms with E-state index in [1.54, 1.807) is 24.3 Å². The van der Waals surface area contributed by atoms with Gasteiger partial charge in [0, 0.05) is 11.4 Å². The Morgan fingerprint density at radius 3 is 2.44 bits per heavy atom. The number of amides is 1. The molecule has 0 aromatic heterocycles. The maximum absolute atomic E-state index is 11.6. The molecule has 0 aliphatic rings. The Morgan fingerprint density at radius 1 is 1.33 bits per heavy atom. The lowest BCUT2D eigenvalue weighted by atomic mass is 10.1. The summed E-state index contributed by atoms with van der Waals surface area (Å²) < 4.78 is 0. The number of carboxylic acids is 1. The predicted molar refractivity (Wildman–Crippen MR) is 69.5 cm³/mol. The van der Waals surface area contributed by atoms with Gasteiger partial charge in [0.05, 0.1) is 0 Å². The van der Waals surface area contributed by atoms with Gasteiger partial charge in [-0.1, -0.05) is 37.1 Å². The van der Waals surface area contributed by atoms with Gasteiger partial charge in [0.1, 0.15) is 0 Å². The molecule has 0 saturated carbocycles. The van der Waals surface area contributed by atoms with Gasteiger partial charge in [-0.3, -0.25) is 4.79 Å². The summed E-state index contributed by atoms with van der Waals surface area (Å²) in [7, 11) is 0. The van der Waals surface area contributed by atoms with E-state index >= 15 is 0 Å². The lowest BCUT2D eigenvalue weighted by Gasteiger charge is -2.14. The average Bonchev–Trinajstić information content (AvgIpc) is 2.34. The second-order valence-electron chi connectivity index (χ2n) is 3.99. The van der Waals surface area contributed by atoms with Crippen LogP contribution in [0.4, 0.5) is 0 Å². The quantitative estimate of drug-likeness (QED) is 0.834. The zero-order valence-corrected chi connectivity index (χ0v) is 10.9. The van der Waals surface area contributed by atoms with Crippen molar-refractivity contribution in [1.29, 1.82) is 0 Å². The number of carbonyl (C=O) groups excluding carboxylic acids is 1. The highest BCUT2D eigenvalue weighted by molar-refractivity contribution is 6.30. The molecule has 0 aliphatic carbocycles. The second-order valence-corrected chi connectivity index (χ2v) is 4.43. The minimum Gasteiger partial charge on any atom is -0.479 e. The fourth-order valence-electron chi connectivity index (χ4n) is 1.51. The van der Waals surface area contributed by atoms with Crippen molar-refractivity contribution in [2.75, 3.05) is 0 Å². The number of carboxylic acid groups (broad SMARTS) is 1. The lowest BCUT2D eigenvalue weighted by molar-refractivity contribution is -0.142. The van der Waals surface area contributed by atoms with E-state index in [1.165, 1.54) is 0 Å². The van der Waals surface area contributed by atoms with E-state index in [0.29, 0.717) is 17.0 Å². The van der Waals surface area contributed by atoms with Gasteiger partial charge in [-0.25, -0.2) is 4.79 Å². The summed E-state index contributed by atoms with van der Waals surface area (Å²) >= 11 is 5.74. The van der Waals surface area contributed by atoms with E-state index in [-0.39, 0.29) is 5.91 Å². The first-order valence-corrected chi connectivity index (χ1v) is 6.20. The first-order valence-electron chi connectivity index (χ1n) is 5.82. The van der Waals surface area contributed by atoms with Gasteiger partial charge in [-0.05, 0) is 24.1 Å². The topological polar surface area (TPSA) is 66.4 Å². The van der Waals surface area contributed by atoms with Crippen molar-refractivity contribution in [3.63, 3.8) is 0 Å². The van der Waals surface area contributed by atoms with E-state index in [9.17, 15) is 9.59 Å². The van der Waals surface area contributed by atoms with E-state index < -0.39 is 12.0 Å². The minimum atomic E-state index is -1.08. The van der Waals surface area contributed by atoms with Gasteiger partial charge >= 0.3 is 5.97 Å². The van der Waals surface area contributed by atoms with Crippen molar-refractivity contribution in [3.8, 4) is 0 Å². The first kappa shape index (κ1) is 14.5. The fraction of sp³-hybridized carbons (Fsp3) is 0.385. The highest BCUT2D eigenvalue weighted by Crippen LogP contribution is 2.17. The van der Waals surface area contributed by atoms with E-state index in [1.807, 2.05) is 6.92 Å². The van der Waals surface area contributed by atoms with Crippen LogP contribution in [-0.4, -0.2) is 17.0 Å². The number of hydrogen-bond donors (Lipinski definition) is 2. The highest BCUT2D eigenvalue weighted by atomic mass is 35.5. The molecule has 4 nitrogen and oxygen atoms in total. The first-order chi connectivity index (χ1) is 8.54. The molecule has 0 saturated heterocycles. The molecule has 1 atom stereocenters. The van der Waals surface area contributed by atoms with E-state index in [0.717, 1.165) is 12.8 Å². The SMILES string of the molecule is CCCCC(=O)NC(C(=O)O)c1ccc(Cl)cc1. The lowest BCUT2D eigenvalue weighted by Crippen LogP contribution is -2.33. The molecular weight excluding hydrogens is 254 g/mol. The van der Waals surface area contributed by atoms with Crippen LogP contribution < -0.4 is 5.32 Å². The van der Waals surface area contributed by atoms with E-state index in [2.05, 4.69) is 5.32 Å². The van der Waals surface area contributed by atoms with Gasteiger partial charge < -0.3 is 10.4 Å². The molecule has 0 aliphatic heterocycles. The molecule has 1 aromatic rings. The zero-order valence-electron chi connectivity index (χ0n) is 10.1. The molecular formula is C13H16ClNO3. The van der Waals surface area contributed by atoms with Crippen molar-refractivity contribution in [2.24, 2.45) is 0 Å². The normalized spacial score (nSPS) is 11.9. The summed E-state index contributed by atoms with van der Waals surface area (Å²) in [6.45, 7) is 1.97. The molecule has 0 radical (unpaired) electrons. The number of hydrogen-bond acceptors (Lipinski definition) is 2. The van der Waals surface area contributed by atoms with Crippen LogP contribution in [-0.2, 0) is 9.59 Å². The van der Waals surface area contributed by atoms with Crippen LogP contribution in [0.25, 0.3) is 0 Å². The monoisotopic (exact) mass is 269 g/mol. The summed E-state index contributed by atoms with van der Waals surface area (Å²) in [5.41, 5.74) is 0.511. The summed E-state index contributed by atoms with van der Waals surface area (Å²) in [6.07, 6.45) is 1.98. The maximum Gasteiger partial charge on any atom is 0.330 e. The average molecular weight is 270 g/mol. The molecule has 98 valence electrons. The Hall–Kier alpha value is -1.55. The number of aliphatic carboxylic acids is 1. The van der Waals surface area contributed by atoms with Crippen molar-refractivity contribution in [3.05, 3.63) is 34.9 Å². The van der Waals surface area contributed by atoms with Crippen molar-refractivity contribution in [2.45, 2.75) is 32.2 Å². The molecule has 1 aromatic carbocycles. The number of rotatable bonds is 6. The van der Waals surface area contributed by atoms with Gasteiger partial charge in [0.25, 0.3) is 0 Å². The largest absolute Gasteiger partial charge is 0.479 e. The molecule has 1 unspecified atom stereocenters. The third-order valence-electron chi connectivity index (χ3n) is 2.51. The van der Waals surface area contributed by atoms with Gasteiger partial charge in [-0.15, -0.1) is 0 Å². The summed E-state index contributed by atoms with van der Waals surface area (Å²) in [6, 6.07) is 5.38. The van der Waals surface area contributed by atoms with Gasteiger partial charge in [0.15, 0.2) is 6.04 Å². The number of halogens is 1. The Bertz CT molecular complexity index is 417.